The summed E-state index contributed by atoms with van der Waals surface area (Å²) in [4.78, 5) is 13.2. The number of carbonyl (C=O) groups is 1. The Morgan fingerprint density at radius 2 is 1.94 bits per heavy atom. The monoisotopic (exact) mass is 444 g/mol. The van der Waals surface area contributed by atoms with Gasteiger partial charge in [0.05, 0.1) is 24.0 Å². The maximum Gasteiger partial charge on any atom is 0.263 e. The first-order chi connectivity index (χ1) is 14.6. The van der Waals surface area contributed by atoms with Gasteiger partial charge in [-0.1, -0.05) is 24.3 Å². The number of carbonyl (C=O) groups excluding carboxylic acids is 1. The number of amides is 1. The predicted molar refractivity (Wildman–Crippen MR) is 119 cm³/mol. The van der Waals surface area contributed by atoms with Gasteiger partial charge in [0.15, 0.2) is 6.10 Å². The second-order valence-corrected chi connectivity index (χ2v) is 10.9. The van der Waals surface area contributed by atoms with Crippen LogP contribution in [0.1, 0.15) is 44.4 Å². The van der Waals surface area contributed by atoms with E-state index in [0.717, 1.165) is 16.9 Å². The lowest BCUT2D eigenvalue weighted by atomic mass is 9.89. The van der Waals surface area contributed by atoms with Crippen LogP contribution in [0.2, 0.25) is 0 Å². The molecule has 2 aromatic rings. The number of nitrogens with zero attached hydrogens (tertiary/aromatic N) is 1. The summed E-state index contributed by atoms with van der Waals surface area (Å²) in [5.74, 6) is 0.734. The van der Waals surface area contributed by atoms with Crippen LogP contribution in [0.15, 0.2) is 42.5 Å². The molecule has 1 N–H and O–H groups in total. The number of ether oxygens (including phenoxy) is 2. The largest absolute Gasteiger partial charge is 0.487 e. The van der Waals surface area contributed by atoms with E-state index in [1.54, 1.807) is 31.2 Å². The van der Waals surface area contributed by atoms with Crippen molar-refractivity contribution in [2.75, 3.05) is 16.6 Å². The molecule has 0 bridgehead atoms. The minimum absolute atomic E-state index is 0.0590. The van der Waals surface area contributed by atoms with Crippen LogP contribution in [0.3, 0.4) is 0 Å². The highest BCUT2D eigenvalue weighted by atomic mass is 32.2. The van der Waals surface area contributed by atoms with E-state index in [4.69, 9.17) is 9.47 Å². The van der Waals surface area contributed by atoms with Gasteiger partial charge in [-0.15, -0.1) is 0 Å². The third-order valence-corrected chi connectivity index (χ3v) is 7.42. The number of anilines is 1. The van der Waals surface area contributed by atoms with Crippen LogP contribution in [0.25, 0.3) is 0 Å². The van der Waals surface area contributed by atoms with E-state index in [1.165, 1.54) is 4.31 Å². The van der Waals surface area contributed by atoms with E-state index in [0.29, 0.717) is 17.9 Å². The van der Waals surface area contributed by atoms with Gasteiger partial charge >= 0.3 is 0 Å². The normalized spacial score (nSPS) is 21.9. The summed E-state index contributed by atoms with van der Waals surface area (Å²) in [7, 11) is -3.55. The molecule has 0 fully saturated rings. The van der Waals surface area contributed by atoms with Crippen LogP contribution in [0.5, 0.6) is 11.5 Å². The van der Waals surface area contributed by atoms with E-state index < -0.39 is 21.7 Å². The number of hydrogen-bond acceptors (Lipinski definition) is 5. The Morgan fingerprint density at radius 3 is 2.68 bits per heavy atom. The molecule has 7 nitrogen and oxygen atoms in total. The lowest BCUT2D eigenvalue weighted by Crippen LogP contribution is -2.52. The molecule has 0 aromatic heterocycles. The summed E-state index contributed by atoms with van der Waals surface area (Å²) in [5, 5.41) is 3.08. The zero-order valence-corrected chi connectivity index (χ0v) is 19.0. The number of nitrogens with one attached hydrogen (secondary N) is 1. The molecule has 2 aliphatic rings. The summed E-state index contributed by atoms with van der Waals surface area (Å²) in [6.45, 7) is 7.49. The van der Waals surface area contributed by atoms with Crippen LogP contribution >= 0.6 is 0 Å². The fourth-order valence-electron chi connectivity index (χ4n) is 4.11. The maximum absolute atomic E-state index is 13.2. The highest BCUT2D eigenvalue weighted by Crippen LogP contribution is 2.40. The molecule has 2 aliphatic heterocycles. The van der Waals surface area contributed by atoms with Crippen LogP contribution in [0.4, 0.5) is 5.69 Å². The number of rotatable bonds is 4. The summed E-state index contributed by atoms with van der Waals surface area (Å²) < 4.78 is 38.7. The van der Waals surface area contributed by atoms with Gasteiger partial charge < -0.3 is 14.8 Å². The Bertz CT molecular complexity index is 1110. The highest BCUT2D eigenvalue weighted by molar-refractivity contribution is 7.92. The van der Waals surface area contributed by atoms with Crippen LogP contribution in [-0.4, -0.2) is 38.3 Å². The Morgan fingerprint density at radius 1 is 1.19 bits per heavy atom. The van der Waals surface area contributed by atoms with Gasteiger partial charge in [0.2, 0.25) is 10.0 Å². The average Bonchev–Trinajstić information content (AvgIpc) is 2.71. The fraction of sp³-hybridized carbons (Fsp3) is 0.435. The minimum atomic E-state index is -3.55. The van der Waals surface area contributed by atoms with Gasteiger partial charge in [-0.3, -0.25) is 9.10 Å². The summed E-state index contributed by atoms with van der Waals surface area (Å²) in [5.41, 5.74) is 2.00. The molecule has 0 spiro atoms. The first-order valence-corrected chi connectivity index (χ1v) is 12.1. The molecule has 8 heteroatoms. The van der Waals surface area contributed by atoms with E-state index in [9.17, 15) is 13.2 Å². The third-order valence-electron chi connectivity index (χ3n) is 5.67. The number of hydrogen-bond donors (Lipinski definition) is 1. The van der Waals surface area contributed by atoms with Crippen LogP contribution in [0, 0.1) is 6.92 Å². The van der Waals surface area contributed by atoms with Crippen molar-refractivity contribution < 1.29 is 22.7 Å². The molecule has 0 aliphatic carbocycles. The molecule has 2 atom stereocenters. The minimum Gasteiger partial charge on any atom is -0.487 e. The van der Waals surface area contributed by atoms with E-state index in [2.05, 4.69) is 5.32 Å². The second-order valence-electron chi connectivity index (χ2n) is 8.67. The first-order valence-electron chi connectivity index (χ1n) is 10.5. The van der Waals surface area contributed by atoms with Crippen molar-refractivity contribution in [1.82, 2.24) is 5.32 Å². The third kappa shape index (κ3) is 4.21. The summed E-state index contributed by atoms with van der Waals surface area (Å²) >= 11 is 0. The van der Waals surface area contributed by atoms with Crippen molar-refractivity contribution in [3.05, 3.63) is 53.6 Å². The van der Waals surface area contributed by atoms with Crippen molar-refractivity contribution in [2.24, 2.45) is 0 Å². The molecule has 1 amide bonds. The Kier molecular flexibility index (Phi) is 5.37. The lowest BCUT2D eigenvalue weighted by molar-refractivity contribution is -0.129. The molecular formula is C23H28N2O5S. The van der Waals surface area contributed by atoms with Gasteiger partial charge in [-0.05, 0) is 51.5 Å². The number of para-hydroxylation sites is 2. The van der Waals surface area contributed by atoms with Gasteiger partial charge in [0.25, 0.3) is 5.91 Å². The highest BCUT2D eigenvalue weighted by Gasteiger charge is 2.39. The topological polar surface area (TPSA) is 84.9 Å². The predicted octanol–water partition coefficient (Wildman–Crippen LogP) is 3.33. The zero-order valence-electron chi connectivity index (χ0n) is 18.2. The molecule has 0 radical (unpaired) electrons. The SMILES string of the molecule is CCS(=O)(=O)N1C[C@@H](C(=O)N[C@@H]2CC(C)(C)Oc3cc(C)ccc32)Oc2ccccc21. The smallest absolute Gasteiger partial charge is 0.263 e. The van der Waals surface area contributed by atoms with E-state index in [1.807, 2.05) is 39.0 Å². The standard InChI is InChI=1S/C23H28N2O5S/c1-5-31(27,28)25-14-21(29-19-9-7-6-8-18(19)25)22(26)24-17-13-23(3,4)30-20-12-15(2)10-11-16(17)20/h6-12,17,21H,5,13-14H2,1-4H3,(H,24,26)/t17-,21+/m1/s1. The summed E-state index contributed by atoms with van der Waals surface area (Å²) in [6.07, 6.45) is -0.356. The van der Waals surface area contributed by atoms with Gasteiger partial charge in [-0.2, -0.15) is 0 Å². The van der Waals surface area contributed by atoms with E-state index >= 15 is 0 Å². The second kappa shape index (κ2) is 7.75. The molecule has 4 rings (SSSR count). The summed E-state index contributed by atoms with van der Waals surface area (Å²) in [6, 6.07) is 12.6. The van der Waals surface area contributed by atoms with Crippen molar-refractivity contribution in [1.29, 1.82) is 0 Å². The van der Waals surface area contributed by atoms with E-state index in [-0.39, 0.29) is 24.2 Å². The van der Waals surface area contributed by atoms with Crippen LogP contribution in [-0.2, 0) is 14.8 Å². The van der Waals surface area contributed by atoms with Gasteiger partial charge in [-0.25, -0.2) is 8.42 Å². The molecule has 0 saturated carbocycles. The Labute approximate surface area is 183 Å². The fourth-order valence-corrected chi connectivity index (χ4v) is 5.23. The van der Waals surface area contributed by atoms with Crippen molar-refractivity contribution in [2.45, 2.75) is 51.9 Å². The van der Waals surface area contributed by atoms with Gasteiger partial charge in [0.1, 0.15) is 17.1 Å². The number of benzene rings is 2. The number of aryl methyl sites for hydroxylation is 1. The zero-order chi connectivity index (χ0) is 22.4. The molecular weight excluding hydrogens is 416 g/mol. The lowest BCUT2D eigenvalue weighted by Gasteiger charge is -2.39. The van der Waals surface area contributed by atoms with Crippen molar-refractivity contribution in [3.63, 3.8) is 0 Å². The van der Waals surface area contributed by atoms with Crippen LogP contribution < -0.4 is 19.1 Å². The number of fused-ring (bicyclic) bond motifs is 2. The first kappa shape index (κ1) is 21.5. The maximum atomic E-state index is 13.2. The quantitative estimate of drug-likeness (QED) is 0.782. The molecule has 2 aromatic carbocycles. The molecule has 0 unspecified atom stereocenters. The molecule has 2 heterocycles. The van der Waals surface area contributed by atoms with Crippen molar-refractivity contribution >= 4 is 21.6 Å². The Balaban J connectivity index is 1.61. The average molecular weight is 445 g/mol. The molecule has 31 heavy (non-hydrogen) atoms. The molecule has 166 valence electrons. The van der Waals surface area contributed by atoms with Crippen molar-refractivity contribution in [3.8, 4) is 11.5 Å². The Hall–Kier alpha value is -2.74. The van der Waals surface area contributed by atoms with Gasteiger partial charge in [0, 0.05) is 12.0 Å². The number of sulfonamides is 1. The molecule has 0 saturated heterocycles.